The maximum absolute atomic E-state index is 12.9. The smallest absolute Gasteiger partial charge is 0.265 e. The molecule has 1 aromatic heterocycles. The van der Waals surface area contributed by atoms with Crippen molar-refractivity contribution in [3.05, 3.63) is 16.1 Å². The number of amides is 1. The van der Waals surface area contributed by atoms with Crippen molar-refractivity contribution in [1.82, 2.24) is 20.1 Å². The summed E-state index contributed by atoms with van der Waals surface area (Å²) in [5.41, 5.74) is 2.66. The molecule has 2 fully saturated rings. The molecule has 122 valence electrons. The highest BCUT2D eigenvalue weighted by Gasteiger charge is 2.34. The second kappa shape index (κ2) is 6.26. The van der Waals surface area contributed by atoms with E-state index in [4.69, 9.17) is 0 Å². The second-order valence-corrected chi connectivity index (χ2v) is 8.11. The molecular formula is C16H26N4OS. The Balaban J connectivity index is 1.68. The predicted molar refractivity (Wildman–Crippen MR) is 89.6 cm³/mol. The zero-order valence-corrected chi connectivity index (χ0v) is 14.6. The number of thiazole rings is 1. The fourth-order valence-corrected chi connectivity index (χ4v) is 4.31. The van der Waals surface area contributed by atoms with Gasteiger partial charge in [0.25, 0.3) is 5.91 Å². The van der Waals surface area contributed by atoms with E-state index in [2.05, 4.69) is 36.0 Å². The van der Waals surface area contributed by atoms with E-state index < -0.39 is 0 Å². The van der Waals surface area contributed by atoms with Gasteiger partial charge in [0.2, 0.25) is 0 Å². The Morgan fingerprint density at radius 2 is 2.05 bits per heavy atom. The lowest BCUT2D eigenvalue weighted by Gasteiger charge is -2.32. The molecule has 2 aliphatic heterocycles. The van der Waals surface area contributed by atoms with Gasteiger partial charge >= 0.3 is 0 Å². The maximum Gasteiger partial charge on any atom is 0.265 e. The molecule has 3 rings (SSSR count). The number of hydrogen-bond donors (Lipinski definition) is 1. The third-order valence-electron chi connectivity index (χ3n) is 4.59. The average Bonchev–Trinajstić information content (AvgIpc) is 3.16. The molecule has 1 atom stereocenters. The summed E-state index contributed by atoms with van der Waals surface area (Å²) < 4.78 is 0. The first-order chi connectivity index (χ1) is 10.5. The first-order valence-corrected chi connectivity index (χ1v) is 9.03. The Kier molecular flexibility index (Phi) is 4.52. The lowest BCUT2D eigenvalue weighted by molar-refractivity contribution is 0.0775. The van der Waals surface area contributed by atoms with Gasteiger partial charge < -0.3 is 10.2 Å². The van der Waals surface area contributed by atoms with Crippen LogP contribution in [0.15, 0.2) is 5.51 Å². The van der Waals surface area contributed by atoms with Crippen molar-refractivity contribution < 1.29 is 4.79 Å². The molecule has 3 heterocycles. The molecule has 0 bridgehead atoms. The van der Waals surface area contributed by atoms with E-state index >= 15 is 0 Å². The fourth-order valence-electron chi connectivity index (χ4n) is 3.35. The second-order valence-electron chi connectivity index (χ2n) is 7.26. The van der Waals surface area contributed by atoms with Crippen molar-refractivity contribution in [3.63, 3.8) is 0 Å². The molecule has 0 aliphatic carbocycles. The minimum atomic E-state index is -0.0807. The van der Waals surface area contributed by atoms with Crippen LogP contribution < -0.4 is 5.32 Å². The van der Waals surface area contributed by atoms with Gasteiger partial charge in [0.15, 0.2) is 0 Å². The van der Waals surface area contributed by atoms with Crippen LogP contribution in [0.1, 0.15) is 42.6 Å². The Labute approximate surface area is 136 Å². The third-order valence-corrected chi connectivity index (χ3v) is 5.41. The molecule has 2 saturated heterocycles. The van der Waals surface area contributed by atoms with Crippen LogP contribution in [-0.4, -0.2) is 66.0 Å². The molecule has 5 nitrogen and oxygen atoms in total. The molecule has 1 unspecified atom stereocenters. The standard InChI is InChI=1S/C16H26N4OS/c1-16(2,3)14-13(22-11-18-14)15(21)20-7-4-12(10-20)19-8-5-17-6-9-19/h11-12,17H,4-10H2,1-3H3. The van der Waals surface area contributed by atoms with Gasteiger partial charge in [-0.3, -0.25) is 9.69 Å². The molecule has 1 N–H and O–H groups in total. The number of likely N-dealkylation sites (tertiary alicyclic amines) is 1. The van der Waals surface area contributed by atoms with Gasteiger partial charge in [-0.25, -0.2) is 4.98 Å². The topological polar surface area (TPSA) is 48.5 Å². The normalized spacial score (nSPS) is 24.0. The summed E-state index contributed by atoms with van der Waals surface area (Å²) in [5.74, 6) is 0.171. The Morgan fingerprint density at radius 1 is 1.32 bits per heavy atom. The van der Waals surface area contributed by atoms with E-state index in [9.17, 15) is 4.79 Å². The molecule has 0 spiro atoms. The Bertz CT molecular complexity index is 530. The number of piperazine rings is 1. The fraction of sp³-hybridized carbons (Fsp3) is 0.750. The third kappa shape index (κ3) is 3.19. The Hall–Kier alpha value is -0.980. The van der Waals surface area contributed by atoms with E-state index in [0.29, 0.717) is 6.04 Å². The highest BCUT2D eigenvalue weighted by molar-refractivity contribution is 7.11. The minimum absolute atomic E-state index is 0.0807. The van der Waals surface area contributed by atoms with Crippen LogP contribution in [0.2, 0.25) is 0 Å². The summed E-state index contributed by atoms with van der Waals surface area (Å²) in [4.78, 5) is 22.7. The average molecular weight is 322 g/mol. The molecule has 22 heavy (non-hydrogen) atoms. The van der Waals surface area contributed by atoms with Crippen molar-refractivity contribution in [2.45, 2.75) is 38.6 Å². The minimum Gasteiger partial charge on any atom is -0.336 e. The molecule has 0 aromatic carbocycles. The highest BCUT2D eigenvalue weighted by atomic mass is 32.1. The van der Waals surface area contributed by atoms with Gasteiger partial charge in [-0.05, 0) is 6.42 Å². The zero-order chi connectivity index (χ0) is 15.7. The van der Waals surface area contributed by atoms with Crippen LogP contribution in [0, 0.1) is 0 Å². The first kappa shape index (κ1) is 15.9. The van der Waals surface area contributed by atoms with Crippen LogP contribution in [0.3, 0.4) is 0 Å². The van der Waals surface area contributed by atoms with E-state index in [1.807, 2.05) is 4.90 Å². The van der Waals surface area contributed by atoms with Gasteiger partial charge in [0, 0.05) is 50.7 Å². The molecule has 6 heteroatoms. The number of nitrogens with zero attached hydrogens (tertiary/aromatic N) is 3. The summed E-state index contributed by atoms with van der Waals surface area (Å²) in [5, 5.41) is 3.39. The lowest BCUT2D eigenvalue weighted by Crippen LogP contribution is -2.49. The van der Waals surface area contributed by atoms with Crippen LogP contribution >= 0.6 is 11.3 Å². The van der Waals surface area contributed by atoms with Gasteiger partial charge in [0.1, 0.15) is 4.88 Å². The van der Waals surface area contributed by atoms with Crippen LogP contribution in [-0.2, 0) is 5.41 Å². The van der Waals surface area contributed by atoms with E-state index in [1.54, 1.807) is 5.51 Å². The number of carbonyl (C=O) groups is 1. The van der Waals surface area contributed by atoms with Crippen molar-refractivity contribution in [2.75, 3.05) is 39.3 Å². The van der Waals surface area contributed by atoms with E-state index in [0.717, 1.165) is 56.3 Å². The number of hydrogen-bond acceptors (Lipinski definition) is 5. The van der Waals surface area contributed by atoms with Gasteiger partial charge in [-0.15, -0.1) is 11.3 Å². The summed E-state index contributed by atoms with van der Waals surface area (Å²) in [6.45, 7) is 12.4. The summed E-state index contributed by atoms with van der Waals surface area (Å²) in [7, 11) is 0. The van der Waals surface area contributed by atoms with Crippen LogP contribution in [0.5, 0.6) is 0 Å². The predicted octanol–water partition coefficient (Wildman–Crippen LogP) is 1.56. The molecule has 0 saturated carbocycles. The quantitative estimate of drug-likeness (QED) is 0.898. The zero-order valence-electron chi connectivity index (χ0n) is 13.8. The molecule has 2 aliphatic rings. The number of rotatable bonds is 2. The maximum atomic E-state index is 12.9. The van der Waals surface area contributed by atoms with Crippen molar-refractivity contribution in [3.8, 4) is 0 Å². The molecule has 0 radical (unpaired) electrons. The highest BCUT2D eigenvalue weighted by Crippen LogP contribution is 2.29. The largest absolute Gasteiger partial charge is 0.336 e. The SMILES string of the molecule is CC(C)(C)c1ncsc1C(=O)N1CCC(N2CCNCC2)C1. The molecule has 1 amide bonds. The summed E-state index contributed by atoms with van der Waals surface area (Å²) >= 11 is 1.48. The van der Waals surface area contributed by atoms with Gasteiger partial charge in [-0.2, -0.15) is 0 Å². The Morgan fingerprint density at radius 3 is 2.73 bits per heavy atom. The van der Waals surface area contributed by atoms with E-state index in [1.165, 1.54) is 11.3 Å². The summed E-state index contributed by atoms with van der Waals surface area (Å²) in [6.07, 6.45) is 1.09. The number of nitrogens with one attached hydrogen (secondary N) is 1. The molecular weight excluding hydrogens is 296 g/mol. The van der Waals surface area contributed by atoms with Crippen molar-refractivity contribution in [1.29, 1.82) is 0 Å². The summed E-state index contributed by atoms with van der Waals surface area (Å²) in [6, 6.07) is 0.525. The van der Waals surface area contributed by atoms with Gasteiger partial charge in [-0.1, -0.05) is 20.8 Å². The van der Waals surface area contributed by atoms with Crippen molar-refractivity contribution >= 4 is 17.2 Å². The van der Waals surface area contributed by atoms with Crippen LogP contribution in [0.4, 0.5) is 0 Å². The monoisotopic (exact) mass is 322 g/mol. The van der Waals surface area contributed by atoms with Crippen LogP contribution in [0.25, 0.3) is 0 Å². The van der Waals surface area contributed by atoms with Crippen molar-refractivity contribution in [2.24, 2.45) is 0 Å². The van der Waals surface area contributed by atoms with Gasteiger partial charge in [0.05, 0.1) is 11.2 Å². The van der Waals surface area contributed by atoms with E-state index in [-0.39, 0.29) is 11.3 Å². The lowest BCUT2D eigenvalue weighted by atomic mass is 9.91. The molecule has 1 aromatic rings. The number of carbonyl (C=O) groups excluding carboxylic acids is 1. The number of aromatic nitrogens is 1. The first-order valence-electron chi connectivity index (χ1n) is 8.15.